The number of aliphatic imine (C=N–C) groups is 1. The van der Waals surface area contributed by atoms with E-state index >= 15 is 0 Å². The molecule has 1 saturated heterocycles. The smallest absolute Gasteiger partial charge is 0.225 e. The molecule has 1 atom stereocenters. The Balaban J connectivity index is 1.31. The molecule has 2 heterocycles. The minimum absolute atomic E-state index is 0.245. The number of aryl methyl sites for hydroxylation is 1. The van der Waals surface area contributed by atoms with Gasteiger partial charge in [0.05, 0.1) is 12.2 Å². The zero-order valence-corrected chi connectivity index (χ0v) is 19.6. The van der Waals surface area contributed by atoms with Gasteiger partial charge < -0.3 is 15.5 Å². The molecule has 0 radical (unpaired) electrons. The zero-order valence-electron chi connectivity index (χ0n) is 19.6. The van der Waals surface area contributed by atoms with Gasteiger partial charge in [-0.2, -0.15) is 5.10 Å². The molecule has 2 fully saturated rings. The molecule has 0 bridgehead atoms. The molecule has 4 rings (SSSR count). The van der Waals surface area contributed by atoms with Crippen molar-refractivity contribution in [2.24, 2.45) is 10.9 Å². The number of nitrogens with zero attached hydrogens (tertiary/aromatic N) is 4. The van der Waals surface area contributed by atoms with E-state index in [1.54, 1.807) is 7.05 Å². The lowest BCUT2D eigenvalue weighted by Gasteiger charge is -2.21. The summed E-state index contributed by atoms with van der Waals surface area (Å²) in [6, 6.07) is 10.7. The van der Waals surface area contributed by atoms with Crippen LogP contribution in [0, 0.1) is 19.8 Å². The second-order valence-electron chi connectivity index (χ2n) is 9.11. The van der Waals surface area contributed by atoms with E-state index in [9.17, 15) is 4.79 Å². The van der Waals surface area contributed by atoms with Gasteiger partial charge in [0, 0.05) is 49.9 Å². The highest BCUT2D eigenvalue weighted by Gasteiger charge is 2.32. The van der Waals surface area contributed by atoms with Crippen molar-refractivity contribution in [1.29, 1.82) is 0 Å². The fourth-order valence-corrected chi connectivity index (χ4v) is 4.97. The molecule has 7 nitrogen and oxygen atoms in total. The summed E-state index contributed by atoms with van der Waals surface area (Å²) in [4.78, 5) is 19.2. The molecule has 1 unspecified atom stereocenters. The van der Waals surface area contributed by atoms with Crippen LogP contribution in [0.15, 0.2) is 35.3 Å². The predicted molar refractivity (Wildman–Crippen MR) is 128 cm³/mol. The summed E-state index contributed by atoms with van der Waals surface area (Å²) in [7, 11) is 1.80. The second kappa shape index (κ2) is 10.2. The number of carbonyl (C=O) groups excluding carboxylic acids is 1. The van der Waals surface area contributed by atoms with Crippen molar-refractivity contribution in [3.05, 3.63) is 52.8 Å². The van der Waals surface area contributed by atoms with Gasteiger partial charge >= 0.3 is 0 Å². The van der Waals surface area contributed by atoms with E-state index in [1.807, 2.05) is 11.0 Å². The first kappa shape index (κ1) is 22.4. The van der Waals surface area contributed by atoms with Crippen LogP contribution in [0.2, 0.25) is 0 Å². The third kappa shape index (κ3) is 5.14. The van der Waals surface area contributed by atoms with Crippen molar-refractivity contribution in [3.63, 3.8) is 0 Å². The van der Waals surface area contributed by atoms with E-state index in [4.69, 9.17) is 5.10 Å². The lowest BCUT2D eigenvalue weighted by molar-refractivity contribution is -0.134. The average Bonchev–Trinajstić information content (AvgIpc) is 3.54. The average molecular weight is 437 g/mol. The molecule has 2 N–H and O–H groups in total. The Hall–Kier alpha value is -2.83. The summed E-state index contributed by atoms with van der Waals surface area (Å²) < 4.78 is 2.07. The van der Waals surface area contributed by atoms with Gasteiger partial charge in [-0.15, -0.1) is 0 Å². The van der Waals surface area contributed by atoms with Crippen molar-refractivity contribution in [3.8, 4) is 0 Å². The SMILES string of the molecule is CN=C(NCc1c(C)nn(Cc2ccccc2)c1C)NC1CCN(C(=O)C2CCCC2)C1. The van der Waals surface area contributed by atoms with Crippen LogP contribution < -0.4 is 10.6 Å². The summed E-state index contributed by atoms with van der Waals surface area (Å²) in [5.74, 6) is 1.39. The number of rotatable bonds is 6. The number of benzene rings is 1. The largest absolute Gasteiger partial charge is 0.352 e. The van der Waals surface area contributed by atoms with Gasteiger partial charge in [-0.3, -0.25) is 14.5 Å². The molecule has 172 valence electrons. The Morgan fingerprint density at radius 3 is 2.62 bits per heavy atom. The van der Waals surface area contributed by atoms with Crippen LogP contribution in [0.5, 0.6) is 0 Å². The summed E-state index contributed by atoms with van der Waals surface area (Å²) in [6.07, 6.45) is 5.49. The van der Waals surface area contributed by atoms with Gasteiger partial charge in [0.15, 0.2) is 5.96 Å². The van der Waals surface area contributed by atoms with Crippen LogP contribution in [0.25, 0.3) is 0 Å². The highest BCUT2D eigenvalue weighted by molar-refractivity contribution is 5.81. The van der Waals surface area contributed by atoms with E-state index in [0.717, 1.165) is 50.6 Å². The quantitative estimate of drug-likeness (QED) is 0.539. The maximum Gasteiger partial charge on any atom is 0.225 e. The van der Waals surface area contributed by atoms with Crippen molar-refractivity contribution < 1.29 is 4.79 Å². The number of hydrogen-bond donors (Lipinski definition) is 2. The summed E-state index contributed by atoms with van der Waals surface area (Å²) in [5.41, 5.74) is 4.65. The van der Waals surface area contributed by atoms with E-state index in [1.165, 1.54) is 29.7 Å². The third-order valence-electron chi connectivity index (χ3n) is 6.91. The lowest BCUT2D eigenvalue weighted by atomic mass is 10.1. The molecule has 32 heavy (non-hydrogen) atoms. The van der Waals surface area contributed by atoms with Crippen LogP contribution in [-0.2, 0) is 17.9 Å². The van der Waals surface area contributed by atoms with Crippen molar-refractivity contribution in [2.45, 2.75) is 65.1 Å². The standard InChI is InChI=1S/C25H36N6O/c1-18-23(19(2)31(29-18)16-20-9-5-4-6-10-20)15-27-25(26-3)28-22-13-14-30(17-22)24(32)21-11-7-8-12-21/h4-6,9-10,21-22H,7-8,11-17H2,1-3H3,(H2,26,27,28). The monoisotopic (exact) mass is 436 g/mol. The molecular weight excluding hydrogens is 400 g/mol. The molecule has 7 heteroatoms. The Kier molecular flexibility index (Phi) is 7.12. The Labute approximate surface area is 191 Å². The highest BCUT2D eigenvalue weighted by Crippen LogP contribution is 2.27. The molecule has 1 aliphatic heterocycles. The van der Waals surface area contributed by atoms with Gasteiger partial charge in [0.2, 0.25) is 5.91 Å². The van der Waals surface area contributed by atoms with Crippen molar-refractivity contribution in [1.82, 2.24) is 25.3 Å². The van der Waals surface area contributed by atoms with E-state index in [0.29, 0.717) is 12.5 Å². The van der Waals surface area contributed by atoms with Crippen LogP contribution >= 0.6 is 0 Å². The van der Waals surface area contributed by atoms with Crippen LogP contribution in [0.4, 0.5) is 0 Å². The highest BCUT2D eigenvalue weighted by atomic mass is 16.2. The summed E-state index contributed by atoms with van der Waals surface area (Å²) in [5, 5.41) is 11.7. The Morgan fingerprint density at radius 1 is 1.16 bits per heavy atom. The number of carbonyl (C=O) groups is 1. The second-order valence-corrected chi connectivity index (χ2v) is 9.11. The maximum absolute atomic E-state index is 12.7. The van der Waals surface area contributed by atoms with Crippen molar-refractivity contribution in [2.75, 3.05) is 20.1 Å². The number of nitrogens with one attached hydrogen (secondary N) is 2. The molecule has 1 amide bonds. The van der Waals surface area contributed by atoms with E-state index < -0.39 is 0 Å². The van der Waals surface area contributed by atoms with Crippen LogP contribution in [0.3, 0.4) is 0 Å². The fraction of sp³-hybridized carbons (Fsp3) is 0.560. The van der Waals surface area contributed by atoms with E-state index in [2.05, 4.69) is 58.4 Å². The fourth-order valence-electron chi connectivity index (χ4n) is 4.97. The van der Waals surface area contributed by atoms with Gasteiger partial charge in [-0.25, -0.2) is 0 Å². The molecule has 1 aromatic heterocycles. The summed E-state index contributed by atoms with van der Waals surface area (Å²) >= 11 is 0. The predicted octanol–water partition coefficient (Wildman–Crippen LogP) is 3.00. The Morgan fingerprint density at radius 2 is 1.91 bits per heavy atom. The van der Waals surface area contributed by atoms with Crippen LogP contribution in [-0.4, -0.2) is 52.7 Å². The molecule has 1 aliphatic carbocycles. The first-order valence-corrected chi connectivity index (χ1v) is 11.9. The number of amides is 1. The maximum atomic E-state index is 12.7. The van der Waals surface area contributed by atoms with Gasteiger partial charge in [-0.05, 0) is 38.7 Å². The minimum Gasteiger partial charge on any atom is -0.352 e. The van der Waals surface area contributed by atoms with Crippen molar-refractivity contribution >= 4 is 11.9 Å². The minimum atomic E-state index is 0.245. The molecule has 2 aromatic rings. The molecular formula is C25H36N6O. The molecule has 2 aliphatic rings. The third-order valence-corrected chi connectivity index (χ3v) is 6.91. The van der Waals surface area contributed by atoms with Crippen LogP contribution in [0.1, 0.15) is 54.6 Å². The number of guanidine groups is 1. The topological polar surface area (TPSA) is 74.6 Å². The number of hydrogen-bond acceptors (Lipinski definition) is 3. The molecule has 1 saturated carbocycles. The zero-order chi connectivity index (χ0) is 22.5. The number of likely N-dealkylation sites (tertiary alicyclic amines) is 1. The normalized spacial score (nSPS) is 19.5. The first-order valence-electron chi connectivity index (χ1n) is 11.9. The number of aromatic nitrogens is 2. The first-order chi connectivity index (χ1) is 15.5. The van der Waals surface area contributed by atoms with E-state index in [-0.39, 0.29) is 12.0 Å². The molecule has 1 aromatic carbocycles. The summed E-state index contributed by atoms with van der Waals surface area (Å²) in [6.45, 7) is 7.24. The molecule has 0 spiro atoms. The Bertz CT molecular complexity index is 945. The van der Waals surface area contributed by atoms with Gasteiger partial charge in [-0.1, -0.05) is 43.2 Å². The van der Waals surface area contributed by atoms with Gasteiger partial charge in [0.1, 0.15) is 0 Å². The van der Waals surface area contributed by atoms with Gasteiger partial charge in [0.25, 0.3) is 0 Å². The lowest BCUT2D eigenvalue weighted by Crippen LogP contribution is -2.45.